The topological polar surface area (TPSA) is 197 Å². The molecule has 3 aliphatic heterocycles. The van der Waals surface area contributed by atoms with Gasteiger partial charge in [0.2, 0.25) is 5.91 Å². The molecule has 0 aromatic carbocycles. The van der Waals surface area contributed by atoms with Crippen molar-refractivity contribution in [3.63, 3.8) is 0 Å². The lowest BCUT2D eigenvalue weighted by Crippen LogP contribution is -2.60. The number of carbonyl (C=O) groups is 2. The zero-order chi connectivity index (χ0) is 55.4. The van der Waals surface area contributed by atoms with Crippen molar-refractivity contribution in [1.82, 2.24) is 9.80 Å². The Kier molecular flexibility index (Phi) is 27.6. The molecule has 3 saturated heterocycles. The van der Waals surface area contributed by atoms with Crippen molar-refractivity contribution in [2.45, 2.75) is 244 Å². The van der Waals surface area contributed by atoms with E-state index in [4.69, 9.17) is 28.4 Å². The fourth-order valence-corrected chi connectivity index (χ4v) is 10.8. The third-order valence-electron chi connectivity index (χ3n) is 15.4. The van der Waals surface area contributed by atoms with E-state index in [9.17, 15) is 35.1 Å². The van der Waals surface area contributed by atoms with E-state index in [0.717, 1.165) is 32.1 Å². The summed E-state index contributed by atoms with van der Waals surface area (Å²) < 4.78 is 38.1. The van der Waals surface area contributed by atoms with Gasteiger partial charge in [0.05, 0.1) is 47.6 Å². The summed E-state index contributed by atoms with van der Waals surface area (Å²) in [6.07, 6.45) is 22.0. The minimum atomic E-state index is -2.02. The molecule has 2 unspecified atom stereocenters. The van der Waals surface area contributed by atoms with Gasteiger partial charge in [-0.3, -0.25) is 9.59 Å². The summed E-state index contributed by atoms with van der Waals surface area (Å²) in [6, 6.07) is -1.28. The maximum atomic E-state index is 14.6. The number of ether oxygens (including phenoxy) is 6. The van der Waals surface area contributed by atoms with Gasteiger partial charge in [0.25, 0.3) is 0 Å². The van der Waals surface area contributed by atoms with Crippen molar-refractivity contribution in [3.05, 3.63) is 72.9 Å². The van der Waals surface area contributed by atoms with Gasteiger partial charge in [0, 0.05) is 38.5 Å². The Morgan fingerprint density at radius 2 is 1.31 bits per heavy atom. The lowest BCUT2D eigenvalue weighted by Gasteiger charge is -2.48. The van der Waals surface area contributed by atoms with Crippen LogP contribution in [0.1, 0.15) is 153 Å². The maximum Gasteiger partial charge on any atom is 0.311 e. The van der Waals surface area contributed by atoms with Crippen molar-refractivity contribution < 1.29 is 63.5 Å². The van der Waals surface area contributed by atoms with Crippen molar-refractivity contribution in [1.29, 1.82) is 0 Å². The van der Waals surface area contributed by atoms with Gasteiger partial charge < -0.3 is 63.8 Å². The minimum absolute atomic E-state index is 0.0572. The summed E-state index contributed by atoms with van der Waals surface area (Å²) >= 11 is 0. The van der Waals surface area contributed by atoms with Crippen LogP contribution in [-0.2, 0) is 38.0 Å². The van der Waals surface area contributed by atoms with E-state index in [0.29, 0.717) is 19.3 Å². The molecule has 1 amide bonds. The van der Waals surface area contributed by atoms with E-state index in [-0.39, 0.29) is 50.3 Å². The molecule has 0 aromatic rings. The molecule has 0 saturated carbocycles. The number of aliphatic hydroxyl groups is 5. The molecule has 74 heavy (non-hydrogen) atoms. The summed E-state index contributed by atoms with van der Waals surface area (Å²) in [7, 11) is 5.24. The molecule has 0 radical (unpaired) electrons. The normalized spacial score (nSPS) is 38.8. The predicted octanol–water partition coefficient (Wildman–Crippen LogP) is 8.28. The number of methoxy groups -OCH3 is 1. The molecule has 15 nitrogen and oxygen atoms in total. The van der Waals surface area contributed by atoms with Gasteiger partial charge in [0.1, 0.15) is 30.0 Å². The second-order valence-electron chi connectivity index (χ2n) is 22.2. The Hall–Kier alpha value is -3.06. The fraction of sp³-hybridized carbons (Fsp3) is 0.763. The molecule has 0 bridgehead atoms. The number of hydrogen-bond donors (Lipinski definition) is 5. The quantitative estimate of drug-likeness (QED) is 0.0544. The first kappa shape index (κ1) is 65.2. The van der Waals surface area contributed by atoms with Gasteiger partial charge in [-0.15, -0.1) is 0 Å². The maximum absolute atomic E-state index is 14.6. The number of carbonyl (C=O) groups excluding carboxylic acids is 2. The minimum Gasteiger partial charge on any atom is -0.459 e. The summed E-state index contributed by atoms with van der Waals surface area (Å²) in [5, 5.41) is 60.0. The van der Waals surface area contributed by atoms with Crippen LogP contribution in [0, 0.1) is 17.8 Å². The van der Waals surface area contributed by atoms with Gasteiger partial charge >= 0.3 is 5.97 Å². The monoisotopic (exact) mass is 1040 g/mol. The van der Waals surface area contributed by atoms with Crippen LogP contribution >= 0.6 is 0 Å². The van der Waals surface area contributed by atoms with Crippen LogP contribution in [0.3, 0.4) is 0 Å². The molecule has 15 heteroatoms. The number of likely N-dealkylation sites (N-methyl/N-ethyl adjacent to an activating group) is 1. The van der Waals surface area contributed by atoms with Crippen molar-refractivity contribution in [2.75, 3.05) is 27.7 Å². The zero-order valence-corrected chi connectivity index (χ0v) is 47.7. The number of amides is 1. The summed E-state index contributed by atoms with van der Waals surface area (Å²) in [5.74, 6) is -3.37. The molecule has 3 aliphatic rings. The Morgan fingerprint density at radius 3 is 1.82 bits per heavy atom. The summed E-state index contributed by atoms with van der Waals surface area (Å²) in [4.78, 5) is 32.4. The molecular weight excluding hydrogens is 945 g/mol. The number of hydrogen-bond acceptors (Lipinski definition) is 14. The average molecular weight is 1050 g/mol. The Morgan fingerprint density at radius 1 is 0.770 bits per heavy atom. The highest BCUT2D eigenvalue weighted by molar-refractivity contribution is 5.77. The van der Waals surface area contributed by atoms with Crippen LogP contribution in [0.5, 0.6) is 0 Å². The van der Waals surface area contributed by atoms with Gasteiger partial charge in [-0.05, 0) is 133 Å². The number of aliphatic hydroxyl groups excluding tert-OH is 3. The van der Waals surface area contributed by atoms with Crippen molar-refractivity contribution in [3.8, 4) is 0 Å². The van der Waals surface area contributed by atoms with Crippen molar-refractivity contribution >= 4 is 11.9 Å². The Bertz CT molecular complexity index is 1850. The number of allylic oxidation sites excluding steroid dienone is 12. The second kappa shape index (κ2) is 31.4. The molecule has 18 atom stereocenters. The average Bonchev–Trinajstić information content (AvgIpc) is 3.34. The van der Waals surface area contributed by atoms with E-state index in [1.807, 2.05) is 45.0 Å². The first-order chi connectivity index (χ1) is 34.9. The largest absolute Gasteiger partial charge is 0.459 e. The van der Waals surface area contributed by atoms with Crippen LogP contribution in [-0.4, -0.2) is 165 Å². The van der Waals surface area contributed by atoms with Crippen molar-refractivity contribution in [2.24, 2.45) is 17.8 Å². The van der Waals surface area contributed by atoms with Crippen LogP contribution in [0.2, 0.25) is 0 Å². The number of cyclic esters (lactones) is 1. The van der Waals surface area contributed by atoms with Gasteiger partial charge in [-0.1, -0.05) is 101 Å². The lowest BCUT2D eigenvalue weighted by atomic mass is 9.77. The van der Waals surface area contributed by atoms with Gasteiger partial charge in [0.15, 0.2) is 12.6 Å². The third kappa shape index (κ3) is 19.1. The zero-order valence-electron chi connectivity index (χ0n) is 47.7. The number of esters is 1. The first-order valence-corrected chi connectivity index (χ1v) is 27.6. The van der Waals surface area contributed by atoms with E-state index in [1.165, 1.54) is 14.0 Å². The molecule has 0 aromatic heterocycles. The standard InChI is InChI=1S/C59H100N2O13/c1-15-17-18-19-20-21-22-23-24-25-26-27-28-29-30-31-32-33-34-35-48(62)61-39-40(3)37-57(9,67)54(74-56-50(63)46(60(12)13)36-41(4)70-56)42(5)51(73-49-38-58(10,69-14)53(65)45(8)71-49)43(6)55(66)72-47(16-2)59(11,68)52(64)44(61)7/h17-18,20-21,23-24,26-27,29-30,32-33,40-47,49-54,56,63-65,67-68H,15-16,19,22,25,28,31,34-39H2,1-14H3/b18-17-,21-20-,24-23-,27-26-,30-29-,33-32-/t40-,41-,42+,43-,44-,45+,46+,47-,49?,50-,51+,52-,53+,54-,56?,57-,58-,59-/m1/s1. The van der Waals surface area contributed by atoms with E-state index >= 15 is 0 Å². The highest BCUT2D eigenvalue weighted by atomic mass is 16.7. The van der Waals surface area contributed by atoms with Gasteiger partial charge in [-0.2, -0.15) is 0 Å². The number of rotatable bonds is 21. The molecule has 5 N–H and O–H groups in total. The molecular formula is C59H100N2O13. The fourth-order valence-electron chi connectivity index (χ4n) is 10.8. The molecule has 0 spiro atoms. The van der Waals surface area contributed by atoms with Gasteiger partial charge in [-0.25, -0.2) is 0 Å². The van der Waals surface area contributed by atoms with Crippen LogP contribution in [0.15, 0.2) is 72.9 Å². The van der Waals surface area contributed by atoms with E-state index in [2.05, 4.69) is 67.7 Å². The molecule has 424 valence electrons. The molecule has 3 heterocycles. The van der Waals surface area contributed by atoms with Crippen LogP contribution < -0.4 is 0 Å². The molecule has 0 aliphatic carbocycles. The highest BCUT2D eigenvalue weighted by Gasteiger charge is 2.53. The van der Waals surface area contributed by atoms with E-state index in [1.54, 1.807) is 53.4 Å². The smallest absolute Gasteiger partial charge is 0.311 e. The summed E-state index contributed by atoms with van der Waals surface area (Å²) in [6.45, 7) is 19.4. The third-order valence-corrected chi connectivity index (χ3v) is 15.4. The van der Waals surface area contributed by atoms with Crippen LogP contribution in [0.25, 0.3) is 0 Å². The summed E-state index contributed by atoms with van der Waals surface area (Å²) in [5.41, 5.74) is -4.81. The SMILES string of the molecule is CC/C=C\C/C=C\C/C=C\C/C=C\C/C=C\C/C=C\CCC(=O)N1C[C@H](C)C[C@@](C)(O)[C@H](OC2O[C@H](C)C[C@H](N(C)C)[C@H]2O)[C@@H](C)[C@H](OC2C[C@@](C)(OC)[C@@H](O)[C@H](C)O2)[C@@H](C)C(=O)O[C@H](CC)[C@@](C)(O)[C@H](O)[C@H]1C. The van der Waals surface area contributed by atoms with E-state index < -0.39 is 102 Å². The Labute approximate surface area is 445 Å². The lowest BCUT2D eigenvalue weighted by molar-refractivity contribution is -0.318. The number of nitrogens with zero attached hydrogens (tertiary/aromatic N) is 2. The molecule has 3 rings (SSSR count). The predicted molar refractivity (Wildman–Crippen MR) is 291 cm³/mol. The second-order valence-corrected chi connectivity index (χ2v) is 22.2. The molecule has 3 fully saturated rings. The Balaban J connectivity index is 1.93. The van der Waals surface area contributed by atoms with Crippen LogP contribution in [0.4, 0.5) is 0 Å². The first-order valence-electron chi connectivity index (χ1n) is 27.6. The highest BCUT2D eigenvalue weighted by Crippen LogP contribution is 2.40.